The van der Waals surface area contributed by atoms with E-state index in [2.05, 4.69) is 21.2 Å². The van der Waals surface area contributed by atoms with Crippen molar-refractivity contribution in [3.63, 3.8) is 0 Å². The Morgan fingerprint density at radius 3 is 2.23 bits per heavy atom. The molecular formula is C37H42BrN3O5S. The molecule has 1 atom stereocenters. The zero-order valence-corrected chi connectivity index (χ0v) is 29.5. The van der Waals surface area contributed by atoms with Crippen LogP contribution >= 0.6 is 15.9 Å². The normalized spacial score (nSPS) is 11.8. The van der Waals surface area contributed by atoms with E-state index in [1.165, 1.54) is 17.0 Å². The molecule has 47 heavy (non-hydrogen) atoms. The van der Waals surface area contributed by atoms with Gasteiger partial charge in [-0.1, -0.05) is 102 Å². The summed E-state index contributed by atoms with van der Waals surface area (Å²) in [5.41, 5.74) is 2.80. The Balaban J connectivity index is 1.83. The molecule has 0 saturated carbocycles. The molecule has 2 amide bonds. The van der Waals surface area contributed by atoms with Gasteiger partial charge in [0.15, 0.2) is 0 Å². The van der Waals surface area contributed by atoms with Gasteiger partial charge in [0.05, 0.1) is 17.2 Å². The Kier molecular flexibility index (Phi) is 13.0. The number of hydrogen-bond donors (Lipinski definition) is 1. The van der Waals surface area contributed by atoms with Crippen molar-refractivity contribution in [1.29, 1.82) is 0 Å². The van der Waals surface area contributed by atoms with Crippen molar-refractivity contribution in [2.24, 2.45) is 0 Å². The third-order valence-electron chi connectivity index (χ3n) is 7.66. The Morgan fingerprint density at radius 2 is 1.55 bits per heavy atom. The summed E-state index contributed by atoms with van der Waals surface area (Å²) in [6.45, 7) is 6.03. The van der Waals surface area contributed by atoms with Gasteiger partial charge in [0.2, 0.25) is 11.8 Å². The first-order chi connectivity index (χ1) is 22.6. The second kappa shape index (κ2) is 17.1. The highest BCUT2D eigenvalue weighted by molar-refractivity contribution is 9.10. The highest BCUT2D eigenvalue weighted by atomic mass is 79.9. The average Bonchev–Trinajstić information content (AvgIpc) is 3.06. The van der Waals surface area contributed by atoms with Crippen molar-refractivity contribution in [1.82, 2.24) is 10.2 Å². The summed E-state index contributed by atoms with van der Waals surface area (Å²) >= 11 is 3.52. The van der Waals surface area contributed by atoms with Crippen LogP contribution in [0, 0.1) is 6.92 Å². The second-order valence-electron chi connectivity index (χ2n) is 11.2. The summed E-state index contributed by atoms with van der Waals surface area (Å²) < 4.78 is 36.4. The van der Waals surface area contributed by atoms with Gasteiger partial charge in [-0.25, -0.2) is 8.42 Å². The molecule has 0 heterocycles. The molecule has 4 aromatic carbocycles. The van der Waals surface area contributed by atoms with E-state index in [1.807, 2.05) is 75.4 Å². The number of ether oxygens (including phenoxy) is 1. The fraction of sp³-hybridized carbons (Fsp3) is 0.297. The first-order valence-electron chi connectivity index (χ1n) is 15.8. The molecule has 0 aliphatic rings. The molecule has 0 aliphatic carbocycles. The fourth-order valence-electron chi connectivity index (χ4n) is 5.18. The van der Waals surface area contributed by atoms with E-state index in [-0.39, 0.29) is 29.5 Å². The summed E-state index contributed by atoms with van der Waals surface area (Å²) in [5, 5.41) is 3.01. The molecule has 0 aliphatic heterocycles. The number of hydrogen-bond acceptors (Lipinski definition) is 5. The molecule has 10 heteroatoms. The highest BCUT2D eigenvalue weighted by Gasteiger charge is 2.35. The van der Waals surface area contributed by atoms with Crippen LogP contribution < -0.4 is 14.4 Å². The monoisotopic (exact) mass is 719 g/mol. The molecule has 0 unspecified atom stereocenters. The average molecular weight is 721 g/mol. The number of rotatable bonds is 16. The van der Waals surface area contributed by atoms with Crippen LogP contribution in [-0.4, -0.2) is 50.9 Å². The molecule has 0 spiro atoms. The van der Waals surface area contributed by atoms with Gasteiger partial charge in [-0.2, -0.15) is 0 Å². The Labute approximate surface area is 286 Å². The third-order valence-corrected chi connectivity index (χ3v) is 9.93. The lowest BCUT2D eigenvalue weighted by Crippen LogP contribution is -2.53. The molecule has 0 radical (unpaired) electrons. The molecule has 8 nitrogen and oxygen atoms in total. The largest absolute Gasteiger partial charge is 0.492 e. The van der Waals surface area contributed by atoms with Crippen LogP contribution in [-0.2, 0) is 32.6 Å². The van der Waals surface area contributed by atoms with E-state index in [1.54, 1.807) is 36.4 Å². The number of nitrogens with zero attached hydrogens (tertiary/aromatic N) is 2. The maximum absolute atomic E-state index is 14.7. The Morgan fingerprint density at radius 1 is 0.872 bits per heavy atom. The Hall–Kier alpha value is -4.15. The topological polar surface area (TPSA) is 96.0 Å². The number of unbranched alkanes of at least 4 members (excludes halogenated alkanes) is 1. The van der Waals surface area contributed by atoms with Gasteiger partial charge in [-0.05, 0) is 67.8 Å². The van der Waals surface area contributed by atoms with Crippen molar-refractivity contribution in [2.45, 2.75) is 57.5 Å². The minimum atomic E-state index is -4.24. The van der Waals surface area contributed by atoms with Crippen molar-refractivity contribution < 1.29 is 22.7 Å². The maximum Gasteiger partial charge on any atom is 0.264 e. The molecule has 0 saturated heterocycles. The SMILES string of the molecule is CCCCNC(=O)[C@H](Cc1ccccc1)N(Cc1cccc(Br)c1)C(=O)CN(c1ccccc1OCC)S(=O)(=O)c1ccc(C)cc1. The number of nitrogens with one attached hydrogen (secondary N) is 1. The summed E-state index contributed by atoms with van der Waals surface area (Å²) in [5.74, 6) is -0.498. The first kappa shape index (κ1) is 35.7. The highest BCUT2D eigenvalue weighted by Crippen LogP contribution is 2.33. The molecule has 0 aromatic heterocycles. The standard InChI is InChI=1S/C37H42BrN3O5S/c1-4-6-23-39-37(43)34(25-29-13-8-7-9-14-29)40(26-30-15-12-16-31(38)24-30)36(42)27-41(33-17-10-11-18-35(33)46-5-2)47(44,45)32-21-19-28(3)20-22-32/h7-22,24,34H,4-6,23,25-27H2,1-3H3,(H,39,43)/t34-/m0/s1. The first-order valence-corrected chi connectivity index (χ1v) is 18.0. The lowest BCUT2D eigenvalue weighted by Gasteiger charge is -2.34. The third kappa shape index (κ3) is 9.68. The van der Waals surface area contributed by atoms with E-state index in [4.69, 9.17) is 4.74 Å². The molecule has 1 N–H and O–H groups in total. The van der Waals surface area contributed by atoms with Crippen molar-refractivity contribution >= 4 is 43.5 Å². The van der Waals surface area contributed by atoms with Gasteiger partial charge in [0.1, 0.15) is 18.3 Å². The van der Waals surface area contributed by atoms with E-state index in [0.717, 1.165) is 38.3 Å². The van der Waals surface area contributed by atoms with E-state index < -0.39 is 28.5 Å². The van der Waals surface area contributed by atoms with Crippen LogP contribution in [0.5, 0.6) is 5.75 Å². The summed E-state index contributed by atoms with van der Waals surface area (Å²) in [7, 11) is -4.24. The van der Waals surface area contributed by atoms with Gasteiger partial charge in [-0.3, -0.25) is 13.9 Å². The minimum Gasteiger partial charge on any atom is -0.492 e. The number of para-hydroxylation sites is 2. The molecule has 0 bridgehead atoms. The zero-order valence-electron chi connectivity index (χ0n) is 27.1. The van der Waals surface area contributed by atoms with E-state index in [9.17, 15) is 18.0 Å². The number of halogens is 1. The molecule has 0 fully saturated rings. The van der Waals surface area contributed by atoms with Crippen molar-refractivity contribution in [3.8, 4) is 5.75 Å². The molecule has 4 rings (SSSR count). The Bertz CT molecular complexity index is 1730. The lowest BCUT2D eigenvalue weighted by atomic mass is 10.0. The van der Waals surface area contributed by atoms with Gasteiger partial charge in [-0.15, -0.1) is 0 Å². The quantitative estimate of drug-likeness (QED) is 0.127. The zero-order chi connectivity index (χ0) is 33.8. The van der Waals surface area contributed by atoms with Crippen molar-refractivity contribution in [2.75, 3.05) is 24.0 Å². The smallest absolute Gasteiger partial charge is 0.264 e. The lowest BCUT2D eigenvalue weighted by molar-refractivity contribution is -0.140. The summed E-state index contributed by atoms with van der Waals surface area (Å²) in [4.78, 5) is 30.1. The van der Waals surface area contributed by atoms with Crippen LogP contribution in [0.1, 0.15) is 43.4 Å². The van der Waals surface area contributed by atoms with Gasteiger partial charge in [0.25, 0.3) is 10.0 Å². The van der Waals surface area contributed by atoms with Crippen LogP contribution in [0.15, 0.2) is 112 Å². The van der Waals surface area contributed by atoms with Crippen LogP contribution in [0.25, 0.3) is 0 Å². The van der Waals surface area contributed by atoms with E-state index in [0.29, 0.717) is 18.9 Å². The number of sulfonamides is 1. The number of aryl methyl sites for hydroxylation is 1. The molecular weight excluding hydrogens is 678 g/mol. The molecule has 4 aromatic rings. The predicted molar refractivity (Wildman–Crippen MR) is 190 cm³/mol. The van der Waals surface area contributed by atoms with Gasteiger partial charge < -0.3 is 15.0 Å². The number of amides is 2. The van der Waals surface area contributed by atoms with E-state index >= 15 is 0 Å². The number of carbonyl (C=O) groups is 2. The number of benzene rings is 4. The van der Waals surface area contributed by atoms with Crippen LogP contribution in [0.3, 0.4) is 0 Å². The predicted octanol–water partition coefficient (Wildman–Crippen LogP) is 6.91. The number of carbonyl (C=O) groups excluding carboxylic acids is 2. The minimum absolute atomic E-state index is 0.0406. The fourth-order valence-corrected chi connectivity index (χ4v) is 7.06. The maximum atomic E-state index is 14.7. The van der Waals surface area contributed by atoms with Gasteiger partial charge in [0, 0.05) is 24.0 Å². The van der Waals surface area contributed by atoms with Gasteiger partial charge >= 0.3 is 0 Å². The second-order valence-corrected chi connectivity index (χ2v) is 14.0. The van der Waals surface area contributed by atoms with Crippen molar-refractivity contribution in [3.05, 3.63) is 124 Å². The summed E-state index contributed by atoms with van der Waals surface area (Å²) in [6.07, 6.45) is 1.94. The van der Waals surface area contributed by atoms with Crippen LogP contribution in [0.2, 0.25) is 0 Å². The summed E-state index contributed by atoms with van der Waals surface area (Å²) in [6, 6.07) is 29.4. The molecule has 248 valence electrons. The van der Waals surface area contributed by atoms with Crippen LogP contribution in [0.4, 0.5) is 5.69 Å². The number of anilines is 1.